The van der Waals surface area contributed by atoms with E-state index in [0.717, 1.165) is 16.3 Å². The van der Waals surface area contributed by atoms with Gasteiger partial charge in [0.2, 0.25) is 0 Å². The molecular formula is C24H24O4. The minimum atomic E-state index is -0.841. The Balaban J connectivity index is 2.01. The third-order valence-electron chi connectivity index (χ3n) is 6.31. The Hall–Kier alpha value is -2.88. The lowest BCUT2D eigenvalue weighted by Crippen LogP contribution is -2.38. The van der Waals surface area contributed by atoms with Crippen molar-refractivity contribution in [3.8, 4) is 0 Å². The summed E-state index contributed by atoms with van der Waals surface area (Å²) in [6.07, 6.45) is 1.50. The van der Waals surface area contributed by atoms with Gasteiger partial charge in [0, 0.05) is 5.41 Å². The summed E-state index contributed by atoms with van der Waals surface area (Å²) in [7, 11) is 0. The summed E-state index contributed by atoms with van der Waals surface area (Å²) in [4.78, 5) is 23.4. The number of carbonyl (C=O) groups is 2. The van der Waals surface area contributed by atoms with Gasteiger partial charge in [-0.25, -0.2) is 0 Å². The van der Waals surface area contributed by atoms with Crippen molar-refractivity contribution in [2.75, 3.05) is 0 Å². The van der Waals surface area contributed by atoms with E-state index in [-0.39, 0.29) is 0 Å². The fraction of sp³-hybridized carbons (Fsp3) is 0.333. The Morgan fingerprint density at radius 3 is 1.96 bits per heavy atom. The van der Waals surface area contributed by atoms with Gasteiger partial charge in [0.05, 0.1) is 11.8 Å². The van der Waals surface area contributed by atoms with E-state index in [2.05, 4.69) is 36.4 Å². The molecule has 0 heterocycles. The zero-order valence-corrected chi connectivity index (χ0v) is 16.1. The van der Waals surface area contributed by atoms with Gasteiger partial charge in [0.25, 0.3) is 0 Å². The van der Waals surface area contributed by atoms with Crippen LogP contribution in [0.25, 0.3) is 21.5 Å². The van der Waals surface area contributed by atoms with Gasteiger partial charge < -0.3 is 10.2 Å². The molecule has 144 valence electrons. The molecule has 0 radical (unpaired) electrons. The van der Waals surface area contributed by atoms with Crippen LogP contribution in [0.5, 0.6) is 0 Å². The van der Waals surface area contributed by atoms with Gasteiger partial charge in [-0.05, 0) is 51.9 Å². The Bertz CT molecular complexity index is 1080. The molecule has 2 N–H and O–H groups in total. The molecule has 0 fully saturated rings. The Kier molecular flexibility index (Phi) is 4.37. The first-order chi connectivity index (χ1) is 13.3. The van der Waals surface area contributed by atoms with E-state index >= 15 is 0 Å². The predicted molar refractivity (Wildman–Crippen MR) is 110 cm³/mol. The van der Waals surface area contributed by atoms with Crippen molar-refractivity contribution in [2.45, 2.75) is 38.5 Å². The smallest absolute Gasteiger partial charge is 0.306 e. The highest BCUT2D eigenvalue weighted by Crippen LogP contribution is 2.49. The van der Waals surface area contributed by atoms with Gasteiger partial charge in [0.1, 0.15) is 0 Å². The van der Waals surface area contributed by atoms with Crippen LogP contribution in [-0.2, 0) is 21.4 Å². The molecule has 0 saturated heterocycles. The summed E-state index contributed by atoms with van der Waals surface area (Å²) in [5.74, 6) is -2.79. The second-order valence-electron chi connectivity index (χ2n) is 8.33. The van der Waals surface area contributed by atoms with E-state index in [1.54, 1.807) is 13.8 Å². The molecule has 2 atom stereocenters. The molecule has 0 aliphatic heterocycles. The van der Waals surface area contributed by atoms with Crippen LogP contribution in [0.2, 0.25) is 0 Å². The molecule has 0 bridgehead atoms. The van der Waals surface area contributed by atoms with E-state index in [1.807, 2.05) is 12.1 Å². The zero-order valence-electron chi connectivity index (χ0n) is 16.1. The maximum absolute atomic E-state index is 11.7. The van der Waals surface area contributed by atoms with Gasteiger partial charge in [0.15, 0.2) is 0 Å². The maximum atomic E-state index is 11.7. The molecule has 4 rings (SSSR count). The van der Waals surface area contributed by atoms with Crippen molar-refractivity contribution < 1.29 is 19.8 Å². The molecule has 2 unspecified atom stereocenters. The number of benzene rings is 3. The molecule has 4 heteroatoms. The van der Waals surface area contributed by atoms with Crippen molar-refractivity contribution in [2.24, 2.45) is 11.8 Å². The van der Waals surface area contributed by atoms with Crippen LogP contribution in [0.15, 0.2) is 48.5 Å². The van der Waals surface area contributed by atoms with E-state index in [9.17, 15) is 19.8 Å². The first kappa shape index (κ1) is 18.5. The lowest BCUT2D eigenvalue weighted by molar-refractivity contribution is -0.142. The third kappa shape index (κ3) is 2.84. The molecule has 28 heavy (non-hydrogen) atoms. The molecule has 1 aliphatic rings. The molecule has 4 nitrogen and oxygen atoms in total. The molecular weight excluding hydrogens is 352 g/mol. The molecule has 3 aromatic rings. The summed E-state index contributed by atoms with van der Waals surface area (Å²) in [5.41, 5.74) is 1.75. The number of hydrogen-bond acceptors (Lipinski definition) is 2. The minimum absolute atomic E-state index is 0.420. The topological polar surface area (TPSA) is 74.6 Å². The monoisotopic (exact) mass is 376 g/mol. The molecule has 1 aliphatic carbocycles. The average Bonchev–Trinajstić information content (AvgIpc) is 2.66. The maximum Gasteiger partial charge on any atom is 0.306 e. The van der Waals surface area contributed by atoms with Gasteiger partial charge >= 0.3 is 11.9 Å². The predicted octanol–water partition coefficient (Wildman–Crippen LogP) is 5.01. The van der Waals surface area contributed by atoms with E-state index in [1.165, 1.54) is 16.3 Å². The number of rotatable bonds is 6. The highest BCUT2D eigenvalue weighted by molar-refractivity contribution is 6.12. The van der Waals surface area contributed by atoms with Crippen LogP contribution < -0.4 is 0 Å². The van der Waals surface area contributed by atoms with Crippen LogP contribution in [-0.4, -0.2) is 22.2 Å². The van der Waals surface area contributed by atoms with Crippen molar-refractivity contribution in [1.29, 1.82) is 0 Å². The number of aliphatic carboxylic acids is 2. The Morgan fingerprint density at radius 1 is 0.857 bits per heavy atom. The quantitative estimate of drug-likeness (QED) is 0.593. The van der Waals surface area contributed by atoms with Crippen molar-refractivity contribution in [3.05, 3.63) is 59.7 Å². The standard InChI is InChI=1S/C24H24O4/c1-14(22(25)26)11-24(12-15(2)23(27)28)13-18-7-3-5-16-9-10-17-6-4-8-19(24)21(17)20(16)18/h3-10,14-15H,11-13H2,1-2H3,(H,25,26)(H,27,28). The van der Waals surface area contributed by atoms with E-state index in [4.69, 9.17) is 0 Å². The third-order valence-corrected chi connectivity index (χ3v) is 6.31. The molecule has 3 aromatic carbocycles. The number of carboxylic acid groups (broad SMARTS) is 2. The summed E-state index contributed by atoms with van der Waals surface area (Å²) in [6, 6.07) is 16.6. The second-order valence-corrected chi connectivity index (χ2v) is 8.33. The fourth-order valence-electron chi connectivity index (χ4n) is 5.07. The molecule has 0 spiro atoms. The first-order valence-electron chi connectivity index (χ1n) is 9.72. The van der Waals surface area contributed by atoms with E-state index < -0.39 is 29.2 Å². The van der Waals surface area contributed by atoms with Crippen molar-refractivity contribution in [3.63, 3.8) is 0 Å². The average molecular weight is 376 g/mol. The van der Waals surface area contributed by atoms with Gasteiger partial charge in [-0.3, -0.25) is 9.59 Å². The van der Waals surface area contributed by atoms with Crippen LogP contribution in [0.4, 0.5) is 0 Å². The summed E-state index contributed by atoms with van der Waals surface area (Å²) in [5, 5.41) is 23.8. The Morgan fingerprint density at radius 2 is 1.39 bits per heavy atom. The van der Waals surface area contributed by atoms with Crippen molar-refractivity contribution in [1.82, 2.24) is 0 Å². The highest BCUT2D eigenvalue weighted by atomic mass is 16.4. The molecule has 0 saturated carbocycles. The largest absolute Gasteiger partial charge is 0.481 e. The second kappa shape index (κ2) is 6.62. The summed E-state index contributed by atoms with van der Waals surface area (Å²) >= 11 is 0. The lowest BCUT2D eigenvalue weighted by atomic mass is 9.62. The molecule has 0 aromatic heterocycles. The summed E-state index contributed by atoms with van der Waals surface area (Å²) in [6.45, 7) is 3.44. The Labute approximate surface area is 163 Å². The van der Waals surface area contributed by atoms with Gasteiger partial charge in [-0.1, -0.05) is 62.4 Å². The lowest BCUT2D eigenvalue weighted by Gasteiger charge is -2.41. The van der Waals surface area contributed by atoms with Gasteiger partial charge in [-0.2, -0.15) is 0 Å². The minimum Gasteiger partial charge on any atom is -0.481 e. The first-order valence-corrected chi connectivity index (χ1v) is 9.72. The van der Waals surface area contributed by atoms with Crippen molar-refractivity contribution >= 4 is 33.5 Å². The normalized spacial score (nSPS) is 20.4. The number of carboxylic acids is 2. The molecule has 0 amide bonds. The van der Waals surface area contributed by atoms with E-state index in [0.29, 0.717) is 19.3 Å². The van der Waals surface area contributed by atoms with Crippen LogP contribution in [0.1, 0.15) is 37.8 Å². The fourth-order valence-corrected chi connectivity index (χ4v) is 5.07. The van der Waals surface area contributed by atoms with Crippen LogP contribution >= 0.6 is 0 Å². The number of hydrogen-bond donors (Lipinski definition) is 2. The van der Waals surface area contributed by atoms with Crippen LogP contribution in [0, 0.1) is 11.8 Å². The van der Waals surface area contributed by atoms with Gasteiger partial charge in [-0.15, -0.1) is 0 Å². The van der Waals surface area contributed by atoms with Crippen LogP contribution in [0.3, 0.4) is 0 Å². The summed E-state index contributed by atoms with van der Waals surface area (Å²) < 4.78 is 0. The highest BCUT2D eigenvalue weighted by Gasteiger charge is 2.42. The SMILES string of the molecule is CC(CC1(CC(C)C(=O)O)Cc2cccc3ccc4cccc1c4c23)C(=O)O. The zero-order chi connectivity index (χ0) is 20.1.